The fourth-order valence-corrected chi connectivity index (χ4v) is 2.01. The van der Waals surface area contributed by atoms with Crippen molar-refractivity contribution in [2.75, 3.05) is 0 Å². The minimum Gasteiger partial charge on any atom is -0.478 e. The van der Waals surface area contributed by atoms with E-state index in [0.29, 0.717) is 19.3 Å². The highest BCUT2D eigenvalue weighted by molar-refractivity contribution is 5.87. The molecule has 2 rings (SSSR count). The summed E-state index contributed by atoms with van der Waals surface area (Å²) in [5, 5.41) is 8.81. The van der Waals surface area contributed by atoms with Crippen LogP contribution >= 0.6 is 0 Å². The Balaban J connectivity index is 1.84. The van der Waals surface area contributed by atoms with Crippen LogP contribution in [0.1, 0.15) is 28.0 Å². The molecule has 21 heavy (non-hydrogen) atoms. The second-order valence-corrected chi connectivity index (χ2v) is 4.86. The standard InChI is InChI=1S/C15H17N3O3/c16-13(7-12-8-17-9-18-12)14(19)6-3-10-1-4-11(5-2-10)15(20)21/h1-2,4-5,8-9,13H,3,6-7,16H2,(H,17,18)(H,20,21)/t13-/m0/s1. The van der Waals surface area contributed by atoms with Crippen molar-refractivity contribution in [1.29, 1.82) is 0 Å². The van der Waals surface area contributed by atoms with Crippen LogP contribution in [0.15, 0.2) is 36.8 Å². The van der Waals surface area contributed by atoms with Gasteiger partial charge in [0.25, 0.3) is 0 Å². The highest BCUT2D eigenvalue weighted by atomic mass is 16.4. The third-order valence-corrected chi connectivity index (χ3v) is 3.27. The molecule has 0 aliphatic heterocycles. The maximum atomic E-state index is 12.0. The molecule has 0 radical (unpaired) electrons. The predicted molar refractivity (Wildman–Crippen MR) is 77.0 cm³/mol. The second kappa shape index (κ2) is 6.81. The Labute approximate surface area is 122 Å². The molecule has 6 nitrogen and oxygen atoms in total. The molecule has 1 atom stereocenters. The second-order valence-electron chi connectivity index (χ2n) is 4.86. The van der Waals surface area contributed by atoms with Crippen molar-refractivity contribution >= 4 is 11.8 Å². The average molecular weight is 287 g/mol. The van der Waals surface area contributed by atoms with Gasteiger partial charge in [-0.05, 0) is 24.1 Å². The quantitative estimate of drug-likeness (QED) is 0.708. The van der Waals surface area contributed by atoms with Gasteiger partial charge in [-0.3, -0.25) is 4.79 Å². The Bertz CT molecular complexity index is 606. The maximum absolute atomic E-state index is 12.0. The normalized spacial score (nSPS) is 12.0. The molecule has 1 aromatic carbocycles. The van der Waals surface area contributed by atoms with Gasteiger partial charge >= 0.3 is 5.97 Å². The number of ketones is 1. The molecule has 0 aliphatic rings. The Morgan fingerprint density at radius 1 is 1.29 bits per heavy atom. The molecule has 110 valence electrons. The first-order valence-corrected chi connectivity index (χ1v) is 6.64. The van der Waals surface area contributed by atoms with Crippen molar-refractivity contribution < 1.29 is 14.7 Å². The fourth-order valence-electron chi connectivity index (χ4n) is 2.01. The van der Waals surface area contributed by atoms with Gasteiger partial charge in [-0.15, -0.1) is 0 Å². The first-order valence-electron chi connectivity index (χ1n) is 6.64. The summed E-state index contributed by atoms with van der Waals surface area (Å²) in [6.07, 6.45) is 4.53. The third-order valence-electron chi connectivity index (χ3n) is 3.27. The zero-order valence-electron chi connectivity index (χ0n) is 11.5. The van der Waals surface area contributed by atoms with Crippen LogP contribution in [0.5, 0.6) is 0 Å². The minimum absolute atomic E-state index is 0.0214. The number of imidazole rings is 1. The van der Waals surface area contributed by atoms with Crippen LogP contribution < -0.4 is 5.73 Å². The van der Waals surface area contributed by atoms with Gasteiger partial charge in [0.2, 0.25) is 0 Å². The number of aromatic amines is 1. The number of aromatic carboxylic acids is 1. The molecule has 0 bridgehead atoms. The number of carboxylic acid groups (broad SMARTS) is 1. The molecule has 0 spiro atoms. The number of aryl methyl sites for hydroxylation is 1. The van der Waals surface area contributed by atoms with Crippen LogP contribution in [-0.4, -0.2) is 32.9 Å². The van der Waals surface area contributed by atoms with Crippen LogP contribution in [0.2, 0.25) is 0 Å². The van der Waals surface area contributed by atoms with Gasteiger partial charge in [-0.25, -0.2) is 9.78 Å². The van der Waals surface area contributed by atoms with Gasteiger partial charge in [-0.2, -0.15) is 0 Å². The number of carboxylic acids is 1. The molecule has 0 saturated carbocycles. The summed E-state index contributed by atoms with van der Waals surface area (Å²) >= 11 is 0. The first-order chi connectivity index (χ1) is 10.1. The minimum atomic E-state index is -0.959. The van der Waals surface area contributed by atoms with Gasteiger partial charge in [0, 0.05) is 24.7 Å². The number of aromatic nitrogens is 2. The SMILES string of the molecule is N[C@@H](Cc1cnc[nH]1)C(=O)CCc1ccc(C(=O)O)cc1. The summed E-state index contributed by atoms with van der Waals surface area (Å²) in [6.45, 7) is 0. The Morgan fingerprint density at radius 3 is 2.57 bits per heavy atom. The lowest BCUT2D eigenvalue weighted by Gasteiger charge is -2.09. The van der Waals surface area contributed by atoms with Gasteiger partial charge in [-0.1, -0.05) is 12.1 Å². The van der Waals surface area contributed by atoms with Crippen molar-refractivity contribution in [3.05, 3.63) is 53.6 Å². The zero-order valence-corrected chi connectivity index (χ0v) is 11.5. The number of Topliss-reactive ketones (excluding diaryl/α,β-unsaturated/α-hetero) is 1. The highest BCUT2D eigenvalue weighted by Crippen LogP contribution is 2.08. The van der Waals surface area contributed by atoms with E-state index >= 15 is 0 Å². The summed E-state index contributed by atoms with van der Waals surface area (Å²) < 4.78 is 0. The van der Waals surface area contributed by atoms with Crippen LogP contribution in [0.3, 0.4) is 0 Å². The van der Waals surface area contributed by atoms with Crippen molar-refractivity contribution in [3.8, 4) is 0 Å². The molecule has 2 aromatic rings. The number of nitrogens with one attached hydrogen (secondary N) is 1. The predicted octanol–water partition coefficient (Wildman–Crippen LogP) is 1.18. The molecular formula is C15H17N3O3. The lowest BCUT2D eigenvalue weighted by Crippen LogP contribution is -2.33. The summed E-state index contributed by atoms with van der Waals surface area (Å²) in [5.74, 6) is -0.980. The molecule has 4 N–H and O–H groups in total. The molecule has 6 heteroatoms. The summed E-state index contributed by atoms with van der Waals surface area (Å²) in [4.78, 5) is 29.5. The number of carbonyl (C=O) groups is 2. The van der Waals surface area contributed by atoms with E-state index in [0.717, 1.165) is 11.3 Å². The van der Waals surface area contributed by atoms with Crippen molar-refractivity contribution in [2.45, 2.75) is 25.3 Å². The number of nitrogens with two attached hydrogens (primary N) is 1. The van der Waals surface area contributed by atoms with Gasteiger partial charge in [0.15, 0.2) is 0 Å². The largest absolute Gasteiger partial charge is 0.478 e. The number of benzene rings is 1. The monoisotopic (exact) mass is 287 g/mol. The highest BCUT2D eigenvalue weighted by Gasteiger charge is 2.14. The Hall–Kier alpha value is -2.47. The molecule has 0 amide bonds. The van der Waals surface area contributed by atoms with Crippen molar-refractivity contribution in [2.24, 2.45) is 5.73 Å². The van der Waals surface area contributed by atoms with Crippen molar-refractivity contribution in [3.63, 3.8) is 0 Å². The van der Waals surface area contributed by atoms with E-state index in [1.54, 1.807) is 24.7 Å². The number of H-pyrrole nitrogens is 1. The number of hydrogen-bond donors (Lipinski definition) is 3. The molecule has 1 heterocycles. The number of hydrogen-bond acceptors (Lipinski definition) is 4. The molecule has 1 aromatic heterocycles. The van der Waals surface area contributed by atoms with E-state index < -0.39 is 12.0 Å². The fraction of sp³-hybridized carbons (Fsp3) is 0.267. The van der Waals surface area contributed by atoms with Crippen LogP contribution in [-0.2, 0) is 17.6 Å². The van der Waals surface area contributed by atoms with E-state index in [1.807, 2.05) is 0 Å². The topological polar surface area (TPSA) is 109 Å². The van der Waals surface area contributed by atoms with E-state index in [9.17, 15) is 9.59 Å². The van der Waals surface area contributed by atoms with Crippen LogP contribution in [0, 0.1) is 0 Å². The first kappa shape index (κ1) is 14.9. The maximum Gasteiger partial charge on any atom is 0.335 e. The summed E-state index contributed by atoms with van der Waals surface area (Å²) in [5.41, 5.74) is 7.85. The third kappa shape index (κ3) is 4.25. The van der Waals surface area contributed by atoms with E-state index in [-0.39, 0.29) is 11.3 Å². The van der Waals surface area contributed by atoms with Crippen LogP contribution in [0.25, 0.3) is 0 Å². The van der Waals surface area contributed by atoms with E-state index in [2.05, 4.69) is 9.97 Å². The smallest absolute Gasteiger partial charge is 0.335 e. The average Bonchev–Trinajstić information content (AvgIpc) is 2.98. The Morgan fingerprint density at radius 2 is 2.00 bits per heavy atom. The molecule has 0 unspecified atom stereocenters. The molecular weight excluding hydrogens is 270 g/mol. The van der Waals surface area contributed by atoms with Gasteiger partial charge < -0.3 is 15.8 Å². The zero-order chi connectivity index (χ0) is 15.2. The Kier molecular flexibility index (Phi) is 4.84. The van der Waals surface area contributed by atoms with Crippen LogP contribution in [0.4, 0.5) is 0 Å². The van der Waals surface area contributed by atoms with Crippen molar-refractivity contribution in [1.82, 2.24) is 9.97 Å². The number of carbonyl (C=O) groups excluding carboxylic acids is 1. The lowest BCUT2D eigenvalue weighted by molar-refractivity contribution is -0.120. The molecule has 0 aliphatic carbocycles. The lowest BCUT2D eigenvalue weighted by atomic mass is 10.0. The number of nitrogens with zero attached hydrogens (tertiary/aromatic N) is 1. The van der Waals surface area contributed by atoms with E-state index in [4.69, 9.17) is 10.8 Å². The van der Waals surface area contributed by atoms with Gasteiger partial charge in [0.05, 0.1) is 17.9 Å². The van der Waals surface area contributed by atoms with E-state index in [1.165, 1.54) is 12.1 Å². The number of rotatable bonds is 7. The van der Waals surface area contributed by atoms with Gasteiger partial charge in [0.1, 0.15) is 5.78 Å². The molecule has 0 fully saturated rings. The summed E-state index contributed by atoms with van der Waals surface area (Å²) in [7, 11) is 0. The molecule has 0 saturated heterocycles. The summed E-state index contributed by atoms with van der Waals surface area (Å²) in [6, 6.07) is 5.96.